The summed E-state index contributed by atoms with van der Waals surface area (Å²) < 4.78 is 21.2. The quantitative estimate of drug-likeness (QED) is 0.231. The lowest BCUT2D eigenvalue weighted by atomic mass is 10.1. The Morgan fingerprint density at radius 2 is 1.35 bits per heavy atom. The molecule has 34 heavy (non-hydrogen) atoms. The van der Waals surface area contributed by atoms with Crippen LogP contribution in [0.4, 0.5) is 11.4 Å². The fourth-order valence-corrected chi connectivity index (χ4v) is 2.80. The summed E-state index contributed by atoms with van der Waals surface area (Å²) in [6.45, 7) is 9.87. The average molecular weight is 479 g/mol. The molecule has 0 saturated carbocycles. The molecule has 0 fully saturated rings. The molecule has 0 atom stereocenters. The molecule has 2 heterocycles. The summed E-state index contributed by atoms with van der Waals surface area (Å²) in [5.74, 6) is 3.01. The molecule has 0 aliphatic rings. The predicted molar refractivity (Wildman–Crippen MR) is 132 cm³/mol. The summed E-state index contributed by atoms with van der Waals surface area (Å²) in [6, 6.07) is 3.02. The number of pyridine rings is 2. The third kappa shape index (κ3) is 11.0. The van der Waals surface area contributed by atoms with Gasteiger partial charge in [-0.15, -0.1) is 0 Å². The highest BCUT2D eigenvalue weighted by molar-refractivity contribution is 5.46. The first-order valence-corrected chi connectivity index (χ1v) is 11.4. The number of nitro groups is 1. The van der Waals surface area contributed by atoms with Crippen molar-refractivity contribution < 1.29 is 23.9 Å². The van der Waals surface area contributed by atoms with Gasteiger partial charge in [-0.1, -0.05) is 27.7 Å². The molecule has 0 aromatic carbocycles. The van der Waals surface area contributed by atoms with E-state index >= 15 is 0 Å². The number of nitrogens with two attached hydrogens (primary N) is 1. The maximum Gasteiger partial charge on any atom is 0.291 e. The van der Waals surface area contributed by atoms with Crippen molar-refractivity contribution in [2.45, 2.75) is 53.4 Å². The molecule has 0 saturated heterocycles. The minimum atomic E-state index is -0.516. The topological polar surface area (TPSA) is 132 Å². The van der Waals surface area contributed by atoms with Gasteiger partial charge in [0.1, 0.15) is 6.20 Å². The molecule has 2 aromatic rings. The van der Waals surface area contributed by atoms with Crippen molar-refractivity contribution in [2.24, 2.45) is 11.8 Å². The number of nitrogens with zero attached hydrogens (tertiary/aromatic N) is 3. The van der Waals surface area contributed by atoms with E-state index in [4.69, 9.17) is 24.7 Å². The van der Waals surface area contributed by atoms with E-state index in [1.807, 2.05) is 0 Å². The second kappa shape index (κ2) is 15.5. The summed E-state index contributed by atoms with van der Waals surface area (Å²) in [7, 11) is 3.01. The predicted octanol–water partition coefficient (Wildman–Crippen LogP) is 5.30. The second-order valence-corrected chi connectivity index (χ2v) is 8.50. The highest BCUT2D eigenvalue weighted by Gasteiger charge is 2.13. The Bertz CT molecular complexity index is 877. The van der Waals surface area contributed by atoms with Crippen LogP contribution >= 0.6 is 0 Å². The molecule has 2 N–H and O–H groups in total. The number of hydrogen-bond acceptors (Lipinski definition) is 9. The van der Waals surface area contributed by atoms with Crippen molar-refractivity contribution in [3.63, 3.8) is 0 Å². The highest BCUT2D eigenvalue weighted by Crippen LogP contribution is 2.28. The highest BCUT2D eigenvalue weighted by atomic mass is 16.6. The van der Waals surface area contributed by atoms with Gasteiger partial charge >= 0.3 is 0 Å². The van der Waals surface area contributed by atoms with Gasteiger partial charge in [-0.25, -0.2) is 9.97 Å². The van der Waals surface area contributed by atoms with E-state index < -0.39 is 4.92 Å². The van der Waals surface area contributed by atoms with Gasteiger partial charge in [0.15, 0.2) is 11.5 Å². The lowest BCUT2D eigenvalue weighted by Gasteiger charge is -2.10. The zero-order valence-corrected chi connectivity index (χ0v) is 21.1. The molecule has 0 aliphatic heterocycles. The normalized spacial score (nSPS) is 10.5. The number of hydrogen-bond donors (Lipinski definition) is 1. The maximum atomic E-state index is 10.6. The Morgan fingerprint density at radius 3 is 1.79 bits per heavy atom. The Kier molecular flexibility index (Phi) is 13.1. The van der Waals surface area contributed by atoms with E-state index in [-0.39, 0.29) is 11.4 Å². The average Bonchev–Trinajstić information content (AvgIpc) is 2.80. The lowest BCUT2D eigenvalue weighted by molar-refractivity contribution is -0.385. The van der Waals surface area contributed by atoms with Crippen molar-refractivity contribution in [3.05, 3.63) is 34.6 Å². The summed E-state index contributed by atoms with van der Waals surface area (Å²) in [4.78, 5) is 18.1. The first-order valence-electron chi connectivity index (χ1n) is 11.4. The van der Waals surface area contributed by atoms with Gasteiger partial charge in [-0.2, -0.15) is 0 Å². The zero-order valence-electron chi connectivity index (χ0n) is 21.1. The smallest absolute Gasteiger partial charge is 0.291 e. The molecule has 190 valence electrons. The molecule has 0 aliphatic carbocycles. The van der Waals surface area contributed by atoms with Crippen LogP contribution in [0, 0.1) is 22.0 Å². The third-order valence-electron chi connectivity index (χ3n) is 4.62. The summed E-state index contributed by atoms with van der Waals surface area (Å²) in [5, 5.41) is 10.6. The fourth-order valence-electron chi connectivity index (χ4n) is 2.80. The van der Waals surface area contributed by atoms with E-state index in [2.05, 4.69) is 37.7 Å². The Morgan fingerprint density at radius 1 is 0.882 bits per heavy atom. The van der Waals surface area contributed by atoms with Crippen LogP contribution in [0.3, 0.4) is 0 Å². The number of methoxy groups -OCH3 is 2. The number of nitrogen functional groups attached to an aromatic ring is 1. The monoisotopic (exact) mass is 478 g/mol. The van der Waals surface area contributed by atoms with Crippen molar-refractivity contribution in [1.82, 2.24) is 9.97 Å². The lowest BCUT2D eigenvalue weighted by Crippen LogP contribution is -2.03. The Hall–Kier alpha value is -3.30. The SMILES string of the molecule is COc1cc(N)cnc1OCCCC(C)C.COc1cc([N+](=O)[O-])cnc1OCCCC(C)C. The molecule has 0 amide bonds. The molecular formula is C24H38N4O6. The van der Waals surface area contributed by atoms with Crippen LogP contribution in [0.2, 0.25) is 0 Å². The van der Waals surface area contributed by atoms with Gasteiger partial charge < -0.3 is 24.7 Å². The molecule has 2 rings (SSSR count). The van der Waals surface area contributed by atoms with Crippen LogP contribution in [0.1, 0.15) is 53.4 Å². The van der Waals surface area contributed by atoms with Crippen LogP contribution in [0.15, 0.2) is 24.5 Å². The van der Waals surface area contributed by atoms with Gasteiger partial charge in [0.2, 0.25) is 0 Å². The maximum absolute atomic E-state index is 10.6. The summed E-state index contributed by atoms with van der Waals surface area (Å²) in [5.41, 5.74) is 6.07. The van der Waals surface area contributed by atoms with E-state index in [0.29, 0.717) is 48.2 Å². The molecule has 10 nitrogen and oxygen atoms in total. The Balaban J connectivity index is 0.000000342. The van der Waals surface area contributed by atoms with E-state index in [0.717, 1.165) is 25.7 Å². The van der Waals surface area contributed by atoms with Gasteiger partial charge in [0.25, 0.3) is 17.4 Å². The van der Waals surface area contributed by atoms with Crippen molar-refractivity contribution in [2.75, 3.05) is 33.2 Å². The molecule has 0 spiro atoms. The molecular weight excluding hydrogens is 440 g/mol. The van der Waals surface area contributed by atoms with Crippen LogP contribution < -0.4 is 24.7 Å². The minimum absolute atomic E-state index is 0.110. The molecule has 0 bridgehead atoms. The Labute approximate surface area is 201 Å². The first kappa shape index (κ1) is 28.7. The number of anilines is 1. The zero-order chi connectivity index (χ0) is 25.5. The van der Waals surface area contributed by atoms with Crippen molar-refractivity contribution in [1.29, 1.82) is 0 Å². The van der Waals surface area contributed by atoms with Crippen molar-refractivity contribution >= 4 is 11.4 Å². The van der Waals surface area contributed by atoms with Crippen LogP contribution in [-0.4, -0.2) is 42.3 Å². The molecule has 2 aromatic heterocycles. The van der Waals surface area contributed by atoms with Gasteiger partial charge in [0.05, 0.1) is 50.3 Å². The minimum Gasteiger partial charge on any atom is -0.491 e. The molecule has 10 heteroatoms. The van der Waals surface area contributed by atoms with E-state index in [9.17, 15) is 10.1 Å². The van der Waals surface area contributed by atoms with E-state index in [1.165, 1.54) is 19.4 Å². The standard InChI is InChI=1S/C12H18N2O4.C12H20N2O2/c1-9(2)5-4-6-18-12-11(17-3)7-10(8-13-12)14(15)16;1-9(2)5-4-6-16-12-11(15-3)7-10(13)8-14-12/h7-9H,4-6H2,1-3H3;7-9H,4-6,13H2,1-3H3. The molecule has 0 unspecified atom stereocenters. The largest absolute Gasteiger partial charge is 0.491 e. The van der Waals surface area contributed by atoms with E-state index in [1.54, 1.807) is 19.4 Å². The number of aromatic nitrogens is 2. The first-order chi connectivity index (χ1) is 16.2. The summed E-state index contributed by atoms with van der Waals surface area (Å²) in [6.07, 6.45) is 6.89. The number of ether oxygens (including phenoxy) is 4. The number of rotatable bonds is 13. The van der Waals surface area contributed by atoms with Gasteiger partial charge in [0, 0.05) is 6.07 Å². The molecule has 0 radical (unpaired) electrons. The fraction of sp³-hybridized carbons (Fsp3) is 0.583. The third-order valence-corrected chi connectivity index (χ3v) is 4.62. The van der Waals surface area contributed by atoms with Crippen LogP contribution in [0.25, 0.3) is 0 Å². The van der Waals surface area contributed by atoms with Gasteiger partial charge in [-0.3, -0.25) is 10.1 Å². The second-order valence-electron chi connectivity index (χ2n) is 8.50. The van der Waals surface area contributed by atoms with Gasteiger partial charge in [-0.05, 0) is 37.5 Å². The van der Waals surface area contributed by atoms with Crippen molar-refractivity contribution in [3.8, 4) is 23.3 Å². The van der Waals surface area contributed by atoms with Crippen LogP contribution in [-0.2, 0) is 0 Å². The summed E-state index contributed by atoms with van der Waals surface area (Å²) >= 11 is 0. The van der Waals surface area contributed by atoms with Crippen LogP contribution in [0.5, 0.6) is 23.3 Å².